The lowest BCUT2D eigenvalue weighted by molar-refractivity contribution is -0.119. The molecule has 1 N–H and O–H groups in total. The average Bonchev–Trinajstić information content (AvgIpc) is 2.62. The Labute approximate surface area is 148 Å². The van der Waals surface area contributed by atoms with Crippen molar-refractivity contribution < 1.29 is 13.2 Å². The second-order valence-corrected chi connectivity index (χ2v) is 7.79. The molecule has 2 aromatic carbocycles. The minimum Gasteiger partial charge on any atom is -0.312 e. The summed E-state index contributed by atoms with van der Waals surface area (Å²) in [4.78, 5) is 13.9. The van der Waals surface area contributed by atoms with E-state index in [2.05, 4.69) is 4.72 Å². The summed E-state index contributed by atoms with van der Waals surface area (Å²) in [6, 6.07) is 13.9. The number of hydrogen-bond donors (Lipinski definition) is 1. The highest BCUT2D eigenvalue weighted by Crippen LogP contribution is 2.24. The molecule has 6 heteroatoms. The van der Waals surface area contributed by atoms with Crippen molar-refractivity contribution in [3.63, 3.8) is 0 Å². The van der Waals surface area contributed by atoms with Crippen LogP contribution >= 0.6 is 0 Å². The van der Waals surface area contributed by atoms with Crippen molar-refractivity contribution in [2.75, 3.05) is 16.2 Å². The molecule has 1 amide bonds. The molecule has 1 heterocycles. The third kappa shape index (κ3) is 3.85. The van der Waals surface area contributed by atoms with Gasteiger partial charge in [0.1, 0.15) is 0 Å². The van der Waals surface area contributed by atoms with E-state index in [-0.39, 0.29) is 10.8 Å². The number of piperidine rings is 1. The molecule has 0 atom stereocenters. The normalized spacial score (nSPS) is 15.2. The predicted octanol–water partition coefficient (Wildman–Crippen LogP) is 3.57. The second kappa shape index (κ2) is 7.27. The summed E-state index contributed by atoms with van der Waals surface area (Å²) in [6.07, 6.45) is 3.19. The Morgan fingerprint density at radius 2 is 1.76 bits per heavy atom. The standard InChI is InChI=1S/C19H22N2O3S/c1-2-15-7-3-4-8-18(15)20-25(23,24)17-12-10-16(11-13-17)21-14-6-5-9-19(21)22/h3-4,7-8,10-13,20H,2,5-6,9,14H2,1H3. The van der Waals surface area contributed by atoms with Crippen LogP contribution in [0.15, 0.2) is 53.4 Å². The number of rotatable bonds is 5. The van der Waals surface area contributed by atoms with Crippen molar-refractivity contribution in [2.24, 2.45) is 0 Å². The Bertz CT molecular complexity index is 860. The highest BCUT2D eigenvalue weighted by Gasteiger charge is 2.21. The molecule has 132 valence electrons. The fourth-order valence-corrected chi connectivity index (χ4v) is 4.12. The SMILES string of the molecule is CCc1ccccc1NS(=O)(=O)c1ccc(N2CCCCC2=O)cc1. The molecule has 1 saturated heterocycles. The van der Waals surface area contributed by atoms with Crippen LogP contribution in [-0.2, 0) is 21.2 Å². The molecule has 3 rings (SSSR count). The largest absolute Gasteiger partial charge is 0.312 e. The first-order valence-corrected chi connectivity index (χ1v) is 10.0. The zero-order valence-corrected chi connectivity index (χ0v) is 15.1. The summed E-state index contributed by atoms with van der Waals surface area (Å²) in [6.45, 7) is 2.67. The van der Waals surface area contributed by atoms with Crippen LogP contribution in [0.2, 0.25) is 0 Å². The first-order chi connectivity index (χ1) is 12.0. The lowest BCUT2D eigenvalue weighted by atomic mass is 10.1. The zero-order chi connectivity index (χ0) is 17.9. The minimum absolute atomic E-state index is 0.0943. The van der Waals surface area contributed by atoms with Gasteiger partial charge in [0.25, 0.3) is 10.0 Å². The van der Waals surface area contributed by atoms with Gasteiger partial charge in [0.2, 0.25) is 5.91 Å². The van der Waals surface area contributed by atoms with Crippen molar-refractivity contribution in [3.8, 4) is 0 Å². The Kier molecular flexibility index (Phi) is 5.08. The predicted molar refractivity (Wildman–Crippen MR) is 99.3 cm³/mol. The number of carbonyl (C=O) groups excluding carboxylic acids is 1. The van der Waals surface area contributed by atoms with E-state index in [1.165, 1.54) is 0 Å². The monoisotopic (exact) mass is 358 g/mol. The fourth-order valence-electron chi connectivity index (χ4n) is 3.02. The second-order valence-electron chi connectivity index (χ2n) is 6.11. The van der Waals surface area contributed by atoms with Crippen LogP contribution in [0.1, 0.15) is 31.7 Å². The number of aryl methyl sites for hydroxylation is 1. The van der Waals surface area contributed by atoms with E-state index in [9.17, 15) is 13.2 Å². The molecule has 5 nitrogen and oxygen atoms in total. The number of para-hydroxylation sites is 1. The third-order valence-electron chi connectivity index (χ3n) is 4.42. The molecule has 0 aliphatic carbocycles. The summed E-state index contributed by atoms with van der Waals surface area (Å²) >= 11 is 0. The van der Waals surface area contributed by atoms with Crippen molar-refractivity contribution >= 4 is 27.3 Å². The summed E-state index contributed by atoms with van der Waals surface area (Å²) in [5.74, 6) is 0.0943. The Morgan fingerprint density at radius 3 is 2.44 bits per heavy atom. The third-order valence-corrected chi connectivity index (χ3v) is 5.81. The number of hydrogen-bond acceptors (Lipinski definition) is 3. The van der Waals surface area contributed by atoms with Gasteiger partial charge in [-0.25, -0.2) is 8.42 Å². The van der Waals surface area contributed by atoms with Gasteiger partial charge in [-0.05, 0) is 55.2 Å². The maximum Gasteiger partial charge on any atom is 0.261 e. The van der Waals surface area contributed by atoms with Gasteiger partial charge in [0, 0.05) is 18.7 Å². The lowest BCUT2D eigenvalue weighted by Crippen LogP contribution is -2.35. The number of benzene rings is 2. The number of nitrogens with one attached hydrogen (secondary N) is 1. The lowest BCUT2D eigenvalue weighted by Gasteiger charge is -2.26. The van der Waals surface area contributed by atoms with Crippen LogP contribution in [0.4, 0.5) is 11.4 Å². The van der Waals surface area contributed by atoms with Gasteiger partial charge in [-0.1, -0.05) is 25.1 Å². The molecule has 0 radical (unpaired) electrons. The zero-order valence-electron chi connectivity index (χ0n) is 14.2. The highest BCUT2D eigenvalue weighted by atomic mass is 32.2. The van der Waals surface area contributed by atoms with Gasteiger partial charge in [-0.3, -0.25) is 9.52 Å². The van der Waals surface area contributed by atoms with E-state index >= 15 is 0 Å². The van der Waals surface area contributed by atoms with Gasteiger partial charge in [-0.15, -0.1) is 0 Å². The number of amides is 1. The Hall–Kier alpha value is -2.34. The molecule has 0 unspecified atom stereocenters. The smallest absolute Gasteiger partial charge is 0.261 e. The fraction of sp³-hybridized carbons (Fsp3) is 0.316. The average molecular weight is 358 g/mol. The van der Waals surface area contributed by atoms with E-state index in [1.807, 2.05) is 25.1 Å². The number of nitrogens with zero attached hydrogens (tertiary/aromatic N) is 1. The van der Waals surface area contributed by atoms with E-state index in [1.54, 1.807) is 35.2 Å². The molecule has 0 spiro atoms. The van der Waals surface area contributed by atoms with Crippen LogP contribution in [0.3, 0.4) is 0 Å². The van der Waals surface area contributed by atoms with E-state index in [4.69, 9.17) is 0 Å². The molecule has 0 aromatic heterocycles. The molecule has 25 heavy (non-hydrogen) atoms. The van der Waals surface area contributed by atoms with E-state index < -0.39 is 10.0 Å². The Balaban J connectivity index is 1.82. The van der Waals surface area contributed by atoms with E-state index in [0.717, 1.165) is 30.5 Å². The maximum atomic E-state index is 12.6. The topological polar surface area (TPSA) is 66.5 Å². The quantitative estimate of drug-likeness (QED) is 0.888. The first kappa shape index (κ1) is 17.5. The summed E-state index contributed by atoms with van der Waals surface area (Å²) in [5, 5.41) is 0. The van der Waals surface area contributed by atoms with Crippen LogP contribution in [0.25, 0.3) is 0 Å². The number of anilines is 2. The molecular weight excluding hydrogens is 336 g/mol. The van der Waals surface area contributed by atoms with Crippen LogP contribution in [-0.4, -0.2) is 20.9 Å². The van der Waals surface area contributed by atoms with Crippen molar-refractivity contribution in [1.29, 1.82) is 0 Å². The summed E-state index contributed by atoms with van der Waals surface area (Å²) < 4.78 is 27.9. The van der Waals surface area contributed by atoms with Gasteiger partial charge in [-0.2, -0.15) is 0 Å². The molecule has 1 aliphatic heterocycles. The van der Waals surface area contributed by atoms with Crippen molar-refractivity contribution in [1.82, 2.24) is 0 Å². The molecule has 0 saturated carbocycles. The maximum absolute atomic E-state index is 12.6. The van der Waals surface area contributed by atoms with Crippen LogP contribution in [0, 0.1) is 0 Å². The van der Waals surface area contributed by atoms with Gasteiger partial charge in [0.05, 0.1) is 10.6 Å². The Morgan fingerprint density at radius 1 is 1.04 bits per heavy atom. The van der Waals surface area contributed by atoms with Gasteiger partial charge < -0.3 is 4.90 Å². The van der Waals surface area contributed by atoms with E-state index in [0.29, 0.717) is 18.7 Å². The van der Waals surface area contributed by atoms with Crippen molar-refractivity contribution in [2.45, 2.75) is 37.5 Å². The molecule has 1 aliphatic rings. The first-order valence-electron chi connectivity index (χ1n) is 8.52. The molecule has 0 bridgehead atoms. The molecular formula is C19H22N2O3S. The van der Waals surface area contributed by atoms with Crippen molar-refractivity contribution in [3.05, 3.63) is 54.1 Å². The highest BCUT2D eigenvalue weighted by molar-refractivity contribution is 7.92. The number of sulfonamides is 1. The van der Waals surface area contributed by atoms with Crippen LogP contribution < -0.4 is 9.62 Å². The minimum atomic E-state index is -3.66. The molecule has 1 fully saturated rings. The number of carbonyl (C=O) groups is 1. The summed E-state index contributed by atoms with van der Waals surface area (Å²) in [7, 11) is -3.66. The molecule has 2 aromatic rings. The summed E-state index contributed by atoms with van der Waals surface area (Å²) in [5.41, 5.74) is 2.29. The van der Waals surface area contributed by atoms with Gasteiger partial charge in [0.15, 0.2) is 0 Å². The van der Waals surface area contributed by atoms with Gasteiger partial charge >= 0.3 is 0 Å². The van der Waals surface area contributed by atoms with Crippen LogP contribution in [0.5, 0.6) is 0 Å².